The van der Waals surface area contributed by atoms with Gasteiger partial charge >= 0.3 is 0 Å². The van der Waals surface area contributed by atoms with Crippen molar-refractivity contribution in [1.82, 2.24) is 4.98 Å². The summed E-state index contributed by atoms with van der Waals surface area (Å²) in [4.78, 5) is 17.0. The minimum Gasteiger partial charge on any atom is -0.322 e. The molecule has 0 atom stereocenters. The first kappa shape index (κ1) is 16.5. The molecule has 0 aliphatic heterocycles. The molecule has 0 fully saturated rings. The second-order valence-corrected chi connectivity index (χ2v) is 7.39. The van der Waals surface area contributed by atoms with Crippen molar-refractivity contribution in [2.75, 3.05) is 5.32 Å². The molecule has 3 aromatic carbocycles. The quantitative estimate of drug-likeness (QED) is 0.527. The molecule has 0 radical (unpaired) electrons. The maximum Gasteiger partial charge on any atom is 0.255 e. The first-order chi connectivity index (χ1) is 12.7. The Kier molecular flexibility index (Phi) is 4.50. The number of para-hydroxylation sites is 1. The van der Waals surface area contributed by atoms with Crippen molar-refractivity contribution in [3.63, 3.8) is 0 Å². The first-order valence-corrected chi connectivity index (χ1v) is 9.30. The van der Waals surface area contributed by atoms with Crippen molar-refractivity contribution in [3.8, 4) is 0 Å². The first-order valence-electron chi connectivity index (χ1n) is 8.49. The lowest BCUT2D eigenvalue weighted by Gasteiger charge is -2.07. The summed E-state index contributed by atoms with van der Waals surface area (Å²) >= 11 is 1.72. The van der Waals surface area contributed by atoms with Crippen molar-refractivity contribution in [3.05, 3.63) is 94.5 Å². The number of amides is 1. The van der Waals surface area contributed by atoms with Crippen LogP contribution in [0.2, 0.25) is 0 Å². The lowest BCUT2D eigenvalue weighted by molar-refractivity contribution is 0.102. The third-order valence-electron chi connectivity index (χ3n) is 4.19. The molecule has 0 saturated heterocycles. The minimum atomic E-state index is -0.0902. The number of aryl methyl sites for hydroxylation is 1. The molecule has 128 valence electrons. The highest BCUT2D eigenvalue weighted by molar-refractivity contribution is 7.18. The maximum atomic E-state index is 12.3. The van der Waals surface area contributed by atoms with Crippen LogP contribution >= 0.6 is 11.3 Å². The predicted molar refractivity (Wildman–Crippen MR) is 108 cm³/mol. The predicted octanol–water partition coefficient (Wildman–Crippen LogP) is 5.45. The Morgan fingerprint density at radius 3 is 2.58 bits per heavy atom. The number of nitrogens with zero attached hydrogens (tertiary/aromatic N) is 1. The van der Waals surface area contributed by atoms with Crippen LogP contribution in [0.3, 0.4) is 0 Å². The van der Waals surface area contributed by atoms with Crippen LogP contribution in [0, 0.1) is 6.92 Å². The Hall–Kier alpha value is -2.98. The van der Waals surface area contributed by atoms with Gasteiger partial charge in [-0.3, -0.25) is 4.79 Å². The number of carbonyl (C=O) groups is 1. The summed E-state index contributed by atoms with van der Waals surface area (Å²) in [5.74, 6) is -0.0902. The van der Waals surface area contributed by atoms with E-state index in [-0.39, 0.29) is 5.91 Å². The Morgan fingerprint density at radius 1 is 1.00 bits per heavy atom. The average molecular weight is 358 g/mol. The summed E-state index contributed by atoms with van der Waals surface area (Å²) in [6.45, 7) is 1.98. The van der Waals surface area contributed by atoms with Gasteiger partial charge in [-0.15, -0.1) is 11.3 Å². The number of hydrogen-bond donors (Lipinski definition) is 1. The summed E-state index contributed by atoms with van der Waals surface area (Å²) in [5, 5.41) is 4.05. The van der Waals surface area contributed by atoms with E-state index in [0.717, 1.165) is 28.2 Å². The normalized spacial score (nSPS) is 10.8. The summed E-state index contributed by atoms with van der Waals surface area (Å²) < 4.78 is 1.21. The lowest BCUT2D eigenvalue weighted by Crippen LogP contribution is -2.11. The van der Waals surface area contributed by atoms with Crippen molar-refractivity contribution in [1.29, 1.82) is 0 Å². The standard InChI is InChI=1S/C22H18N2OS/c1-15-5-4-6-17(13-15)22(25)23-18-11-9-16(10-12-18)14-21-24-19-7-2-3-8-20(19)26-21/h2-13H,14H2,1H3,(H,23,25). The summed E-state index contributed by atoms with van der Waals surface area (Å²) in [7, 11) is 0. The maximum absolute atomic E-state index is 12.3. The molecule has 1 heterocycles. The number of hydrogen-bond acceptors (Lipinski definition) is 3. The minimum absolute atomic E-state index is 0.0902. The fraction of sp³-hybridized carbons (Fsp3) is 0.0909. The second kappa shape index (κ2) is 7.10. The van der Waals surface area contributed by atoms with E-state index >= 15 is 0 Å². The number of aromatic nitrogens is 1. The largest absolute Gasteiger partial charge is 0.322 e. The fourth-order valence-electron chi connectivity index (χ4n) is 2.87. The number of fused-ring (bicyclic) bond motifs is 1. The van der Waals surface area contributed by atoms with Gasteiger partial charge in [0.1, 0.15) is 0 Å². The third-order valence-corrected chi connectivity index (χ3v) is 5.22. The zero-order valence-electron chi connectivity index (χ0n) is 14.4. The van der Waals surface area contributed by atoms with Gasteiger partial charge in [-0.05, 0) is 48.9 Å². The number of nitrogens with one attached hydrogen (secondary N) is 1. The third kappa shape index (κ3) is 3.65. The topological polar surface area (TPSA) is 42.0 Å². The van der Waals surface area contributed by atoms with E-state index in [1.165, 1.54) is 10.3 Å². The van der Waals surface area contributed by atoms with Crippen LogP contribution in [0.15, 0.2) is 72.8 Å². The van der Waals surface area contributed by atoms with E-state index in [1.54, 1.807) is 11.3 Å². The highest BCUT2D eigenvalue weighted by Gasteiger charge is 2.07. The van der Waals surface area contributed by atoms with Crippen LogP contribution in [0.5, 0.6) is 0 Å². The van der Waals surface area contributed by atoms with Gasteiger partial charge in [-0.2, -0.15) is 0 Å². The molecule has 0 unspecified atom stereocenters. The highest BCUT2D eigenvalue weighted by Crippen LogP contribution is 2.24. The van der Waals surface area contributed by atoms with Gasteiger partial charge in [0.15, 0.2) is 0 Å². The number of thiazole rings is 1. The van der Waals surface area contributed by atoms with E-state index in [1.807, 2.05) is 73.7 Å². The van der Waals surface area contributed by atoms with Crippen LogP contribution in [0.25, 0.3) is 10.2 Å². The molecule has 26 heavy (non-hydrogen) atoms. The average Bonchev–Trinajstić information content (AvgIpc) is 3.05. The molecule has 1 aromatic heterocycles. The zero-order chi connectivity index (χ0) is 17.9. The Morgan fingerprint density at radius 2 is 1.81 bits per heavy atom. The molecular formula is C22H18N2OS. The van der Waals surface area contributed by atoms with E-state index in [4.69, 9.17) is 0 Å². The molecule has 3 nitrogen and oxygen atoms in total. The van der Waals surface area contributed by atoms with Crippen LogP contribution < -0.4 is 5.32 Å². The fourth-order valence-corrected chi connectivity index (χ4v) is 3.87. The van der Waals surface area contributed by atoms with Gasteiger partial charge in [0.2, 0.25) is 0 Å². The molecule has 0 bridgehead atoms. The van der Waals surface area contributed by atoms with E-state index in [9.17, 15) is 4.79 Å². The number of rotatable bonds is 4. The summed E-state index contributed by atoms with van der Waals surface area (Å²) in [5.41, 5.74) is 4.77. The molecule has 4 heteroatoms. The van der Waals surface area contributed by atoms with Crippen LogP contribution in [0.1, 0.15) is 26.5 Å². The molecule has 0 saturated carbocycles. The van der Waals surface area contributed by atoms with E-state index in [2.05, 4.69) is 16.4 Å². The van der Waals surface area contributed by atoms with Gasteiger partial charge in [-0.1, -0.05) is 42.0 Å². The van der Waals surface area contributed by atoms with Crippen LogP contribution in [0.4, 0.5) is 5.69 Å². The highest BCUT2D eigenvalue weighted by atomic mass is 32.1. The lowest BCUT2D eigenvalue weighted by atomic mass is 10.1. The molecule has 0 aliphatic rings. The van der Waals surface area contributed by atoms with E-state index < -0.39 is 0 Å². The summed E-state index contributed by atoms with van der Waals surface area (Å²) in [6.07, 6.45) is 0.797. The molecule has 4 aromatic rings. The van der Waals surface area contributed by atoms with Crippen molar-refractivity contribution in [2.24, 2.45) is 0 Å². The van der Waals surface area contributed by atoms with Gasteiger partial charge in [0.25, 0.3) is 5.91 Å². The zero-order valence-corrected chi connectivity index (χ0v) is 15.2. The second-order valence-electron chi connectivity index (χ2n) is 6.27. The van der Waals surface area contributed by atoms with E-state index in [0.29, 0.717) is 5.56 Å². The summed E-state index contributed by atoms with van der Waals surface area (Å²) in [6, 6.07) is 23.7. The Bertz CT molecular complexity index is 1030. The van der Waals surface area contributed by atoms with Gasteiger partial charge in [0.05, 0.1) is 15.2 Å². The number of benzene rings is 3. The smallest absolute Gasteiger partial charge is 0.255 e. The number of anilines is 1. The van der Waals surface area contributed by atoms with Crippen molar-refractivity contribution >= 4 is 33.1 Å². The molecular weight excluding hydrogens is 340 g/mol. The van der Waals surface area contributed by atoms with Crippen LogP contribution in [-0.2, 0) is 6.42 Å². The molecule has 4 rings (SSSR count). The molecule has 0 spiro atoms. The van der Waals surface area contributed by atoms with Crippen molar-refractivity contribution in [2.45, 2.75) is 13.3 Å². The molecule has 1 N–H and O–H groups in total. The van der Waals surface area contributed by atoms with Gasteiger partial charge in [0, 0.05) is 17.7 Å². The van der Waals surface area contributed by atoms with Gasteiger partial charge < -0.3 is 5.32 Å². The monoisotopic (exact) mass is 358 g/mol. The Balaban J connectivity index is 1.45. The Labute approximate surface area is 156 Å². The van der Waals surface area contributed by atoms with Crippen LogP contribution in [-0.4, -0.2) is 10.9 Å². The SMILES string of the molecule is Cc1cccc(C(=O)Nc2ccc(Cc3nc4ccccc4s3)cc2)c1. The number of carbonyl (C=O) groups excluding carboxylic acids is 1. The van der Waals surface area contributed by atoms with Gasteiger partial charge in [-0.25, -0.2) is 4.98 Å². The van der Waals surface area contributed by atoms with Crippen molar-refractivity contribution < 1.29 is 4.79 Å². The molecule has 1 amide bonds. The molecule has 0 aliphatic carbocycles.